The zero-order valence-electron chi connectivity index (χ0n) is 42.5. The third-order valence-electron chi connectivity index (χ3n) is 11.4. The van der Waals surface area contributed by atoms with Gasteiger partial charge in [-0.15, -0.1) is 0 Å². The van der Waals surface area contributed by atoms with Gasteiger partial charge in [0.15, 0.2) is 6.10 Å². The lowest BCUT2D eigenvalue weighted by Gasteiger charge is -2.18. The summed E-state index contributed by atoms with van der Waals surface area (Å²) in [6.07, 6.45) is 68.5. The molecule has 0 aliphatic heterocycles. The molecule has 0 saturated heterocycles. The summed E-state index contributed by atoms with van der Waals surface area (Å²) in [5, 5.41) is 0. The van der Waals surface area contributed by atoms with E-state index in [1.807, 2.05) is 0 Å². The fraction of sp³-hybridized carbons (Fsp3) is 0.712. The number of ether oxygens (including phenoxy) is 3. The molecule has 65 heavy (non-hydrogen) atoms. The predicted molar refractivity (Wildman–Crippen MR) is 279 cm³/mol. The summed E-state index contributed by atoms with van der Waals surface area (Å²) >= 11 is 0. The van der Waals surface area contributed by atoms with Gasteiger partial charge in [-0.05, 0) is 96.3 Å². The smallest absolute Gasteiger partial charge is 0.306 e. The molecule has 1 unspecified atom stereocenters. The second-order valence-electron chi connectivity index (χ2n) is 17.8. The van der Waals surface area contributed by atoms with Gasteiger partial charge in [-0.1, -0.05) is 221 Å². The van der Waals surface area contributed by atoms with E-state index >= 15 is 0 Å². The number of allylic oxidation sites excluding steroid dienone is 14. The van der Waals surface area contributed by atoms with Crippen LogP contribution in [0.25, 0.3) is 0 Å². The molecule has 0 radical (unpaired) electrons. The lowest BCUT2D eigenvalue weighted by atomic mass is 10.1. The van der Waals surface area contributed by atoms with E-state index in [4.69, 9.17) is 14.2 Å². The van der Waals surface area contributed by atoms with E-state index in [1.54, 1.807) is 0 Å². The molecule has 0 aromatic carbocycles. The van der Waals surface area contributed by atoms with Crippen LogP contribution >= 0.6 is 0 Å². The van der Waals surface area contributed by atoms with Gasteiger partial charge in [0.1, 0.15) is 13.2 Å². The van der Waals surface area contributed by atoms with Crippen molar-refractivity contribution in [2.75, 3.05) is 13.2 Å². The predicted octanol–water partition coefficient (Wildman–Crippen LogP) is 18.0. The molecule has 0 bridgehead atoms. The Hall–Kier alpha value is -3.41. The number of hydrogen-bond donors (Lipinski definition) is 0. The van der Waals surface area contributed by atoms with Gasteiger partial charge < -0.3 is 14.2 Å². The number of carbonyl (C=O) groups is 3. The van der Waals surface area contributed by atoms with E-state index in [0.29, 0.717) is 19.3 Å². The Kier molecular flexibility index (Phi) is 50.4. The minimum Gasteiger partial charge on any atom is -0.462 e. The summed E-state index contributed by atoms with van der Waals surface area (Å²) < 4.78 is 16.8. The summed E-state index contributed by atoms with van der Waals surface area (Å²) in [5.41, 5.74) is 0. The molecule has 372 valence electrons. The third-order valence-corrected chi connectivity index (χ3v) is 11.4. The molecular weight excluding hydrogens is 805 g/mol. The first-order chi connectivity index (χ1) is 32.0. The van der Waals surface area contributed by atoms with E-state index in [2.05, 4.69) is 106 Å². The van der Waals surface area contributed by atoms with Crippen molar-refractivity contribution in [3.63, 3.8) is 0 Å². The van der Waals surface area contributed by atoms with Crippen LogP contribution in [0.4, 0.5) is 0 Å². The topological polar surface area (TPSA) is 78.9 Å². The monoisotopic (exact) mass is 905 g/mol. The SMILES string of the molecule is CC/C=C\C/C=C\C/C=C\C/C=C\CCCCCCCCC(=O)OCC(COC(=O)CCCCCCCCCCC)OC(=O)CCCCCCCC/C=C\C/C=C\C/C=C\CCCCC. The number of rotatable bonds is 48. The second kappa shape index (κ2) is 53.2. The van der Waals surface area contributed by atoms with Crippen LogP contribution in [-0.2, 0) is 28.6 Å². The van der Waals surface area contributed by atoms with Crippen molar-refractivity contribution in [2.45, 2.75) is 258 Å². The minimum atomic E-state index is -0.788. The molecule has 0 aliphatic rings. The maximum Gasteiger partial charge on any atom is 0.306 e. The number of carbonyl (C=O) groups excluding carboxylic acids is 3. The fourth-order valence-electron chi connectivity index (χ4n) is 7.32. The molecule has 0 rings (SSSR count). The van der Waals surface area contributed by atoms with Crippen molar-refractivity contribution in [1.29, 1.82) is 0 Å². The molecule has 0 aromatic heterocycles. The van der Waals surface area contributed by atoms with Crippen LogP contribution in [0.3, 0.4) is 0 Å². The van der Waals surface area contributed by atoms with Gasteiger partial charge in [-0.3, -0.25) is 14.4 Å². The van der Waals surface area contributed by atoms with Crippen LogP contribution in [0.5, 0.6) is 0 Å². The van der Waals surface area contributed by atoms with Gasteiger partial charge >= 0.3 is 17.9 Å². The summed E-state index contributed by atoms with van der Waals surface area (Å²) in [4.78, 5) is 38.0. The molecular formula is C59H100O6. The summed E-state index contributed by atoms with van der Waals surface area (Å²) in [7, 11) is 0. The van der Waals surface area contributed by atoms with Gasteiger partial charge in [0.05, 0.1) is 0 Å². The molecule has 0 aromatic rings. The Morgan fingerprint density at radius 3 is 0.969 bits per heavy atom. The Bertz CT molecular complexity index is 1270. The number of hydrogen-bond acceptors (Lipinski definition) is 6. The first kappa shape index (κ1) is 61.6. The lowest BCUT2D eigenvalue weighted by Crippen LogP contribution is -2.30. The average Bonchev–Trinajstić information content (AvgIpc) is 3.30. The summed E-state index contributed by atoms with van der Waals surface area (Å²) in [6, 6.07) is 0. The quantitative estimate of drug-likeness (QED) is 0.0262. The zero-order valence-corrected chi connectivity index (χ0v) is 42.5. The standard InChI is InChI=1S/C59H100O6/c1-4-7-10-13-16-19-21-23-25-27-29-31-33-35-37-40-43-46-49-52-58(61)64-55-56(54-63-57(60)51-48-45-42-39-18-15-12-9-6-3)65-59(62)53-50-47-44-41-38-36-34-32-30-28-26-24-22-20-17-14-11-8-5-2/h7,10,16-17,19-20,23-26,29-32,56H,4-6,8-9,11-15,18,21-22,27-28,33-55H2,1-3H3/b10-7-,19-16-,20-17-,25-23-,26-24-,31-29-,32-30-. The van der Waals surface area contributed by atoms with Crippen molar-refractivity contribution < 1.29 is 28.6 Å². The Morgan fingerprint density at radius 2 is 0.600 bits per heavy atom. The third kappa shape index (κ3) is 51.4. The highest BCUT2D eigenvalue weighted by molar-refractivity contribution is 5.71. The van der Waals surface area contributed by atoms with Crippen LogP contribution in [0.2, 0.25) is 0 Å². The normalized spacial score (nSPS) is 12.7. The van der Waals surface area contributed by atoms with Crippen LogP contribution in [-0.4, -0.2) is 37.2 Å². The average molecular weight is 905 g/mol. The van der Waals surface area contributed by atoms with E-state index in [0.717, 1.165) is 116 Å². The molecule has 1 atom stereocenters. The Morgan fingerprint density at radius 1 is 0.323 bits per heavy atom. The highest BCUT2D eigenvalue weighted by atomic mass is 16.6. The molecule has 0 saturated carbocycles. The molecule has 0 fully saturated rings. The highest BCUT2D eigenvalue weighted by Crippen LogP contribution is 2.14. The van der Waals surface area contributed by atoms with Crippen LogP contribution < -0.4 is 0 Å². The van der Waals surface area contributed by atoms with Gasteiger partial charge in [0, 0.05) is 19.3 Å². The van der Waals surface area contributed by atoms with Gasteiger partial charge in [-0.2, -0.15) is 0 Å². The van der Waals surface area contributed by atoms with Crippen molar-refractivity contribution in [3.05, 3.63) is 85.1 Å². The maximum absolute atomic E-state index is 12.8. The maximum atomic E-state index is 12.8. The van der Waals surface area contributed by atoms with E-state index in [-0.39, 0.29) is 31.1 Å². The van der Waals surface area contributed by atoms with E-state index in [9.17, 15) is 14.4 Å². The molecule has 0 heterocycles. The largest absolute Gasteiger partial charge is 0.462 e. The van der Waals surface area contributed by atoms with E-state index in [1.165, 1.54) is 96.3 Å². The Labute approximate surface area is 401 Å². The van der Waals surface area contributed by atoms with Crippen LogP contribution in [0, 0.1) is 0 Å². The van der Waals surface area contributed by atoms with Crippen molar-refractivity contribution in [3.8, 4) is 0 Å². The lowest BCUT2D eigenvalue weighted by molar-refractivity contribution is -0.167. The van der Waals surface area contributed by atoms with Gasteiger partial charge in [-0.25, -0.2) is 0 Å². The molecule has 0 amide bonds. The number of unbranched alkanes of at least 4 members (excludes halogenated alkanes) is 23. The first-order valence-corrected chi connectivity index (χ1v) is 27.1. The Balaban J connectivity index is 4.36. The molecule has 6 nitrogen and oxygen atoms in total. The number of esters is 3. The van der Waals surface area contributed by atoms with Crippen molar-refractivity contribution in [1.82, 2.24) is 0 Å². The molecule has 0 N–H and O–H groups in total. The highest BCUT2D eigenvalue weighted by Gasteiger charge is 2.19. The minimum absolute atomic E-state index is 0.0858. The van der Waals surface area contributed by atoms with Crippen LogP contribution in [0.15, 0.2) is 85.1 Å². The van der Waals surface area contributed by atoms with Gasteiger partial charge in [0.25, 0.3) is 0 Å². The van der Waals surface area contributed by atoms with Gasteiger partial charge in [0.2, 0.25) is 0 Å². The van der Waals surface area contributed by atoms with E-state index < -0.39 is 6.10 Å². The zero-order chi connectivity index (χ0) is 47.2. The second-order valence-corrected chi connectivity index (χ2v) is 17.8. The fourth-order valence-corrected chi connectivity index (χ4v) is 7.32. The molecule has 0 spiro atoms. The van der Waals surface area contributed by atoms with Crippen LogP contribution in [0.1, 0.15) is 252 Å². The first-order valence-electron chi connectivity index (χ1n) is 27.1. The summed E-state index contributed by atoms with van der Waals surface area (Å²) in [6.45, 7) is 6.46. The van der Waals surface area contributed by atoms with Crippen molar-refractivity contribution >= 4 is 17.9 Å². The van der Waals surface area contributed by atoms with Crippen molar-refractivity contribution in [2.24, 2.45) is 0 Å². The summed E-state index contributed by atoms with van der Waals surface area (Å²) in [5.74, 6) is -0.914. The molecule has 0 aliphatic carbocycles. The molecule has 6 heteroatoms.